The Bertz CT molecular complexity index is 653. The Morgan fingerprint density at radius 3 is 2.25 bits per heavy atom. The van der Waals surface area contributed by atoms with E-state index in [9.17, 15) is 9.59 Å². The van der Waals surface area contributed by atoms with Crippen LogP contribution in [0.25, 0.3) is 0 Å². The van der Waals surface area contributed by atoms with Crippen LogP contribution in [0.5, 0.6) is 0 Å². The Balaban J connectivity index is 2.31. The Labute approximate surface area is 116 Å². The molecule has 0 heterocycles. The molecule has 0 radical (unpaired) electrons. The van der Waals surface area contributed by atoms with E-state index in [1.807, 2.05) is 0 Å². The zero-order valence-corrected chi connectivity index (χ0v) is 10.7. The molecule has 5 nitrogen and oxygen atoms in total. The summed E-state index contributed by atoms with van der Waals surface area (Å²) >= 11 is 0. The van der Waals surface area contributed by atoms with Crippen molar-refractivity contribution < 1.29 is 14.7 Å². The lowest BCUT2D eigenvalue weighted by molar-refractivity contribution is 0.0698. The normalized spacial score (nSPS) is 10.1. The Kier molecular flexibility index (Phi) is 4.12. The van der Waals surface area contributed by atoms with E-state index in [-0.39, 0.29) is 23.7 Å². The van der Waals surface area contributed by atoms with Gasteiger partial charge in [0.1, 0.15) is 0 Å². The fourth-order valence-electron chi connectivity index (χ4n) is 1.89. The molecule has 0 fully saturated rings. The van der Waals surface area contributed by atoms with Crippen molar-refractivity contribution in [3.05, 3.63) is 65.2 Å². The number of benzene rings is 2. The first-order valence-corrected chi connectivity index (χ1v) is 6.05. The minimum absolute atomic E-state index is 0.0473. The van der Waals surface area contributed by atoms with Crippen LogP contribution >= 0.6 is 0 Å². The number of hydrogen-bond acceptors (Lipinski definition) is 3. The van der Waals surface area contributed by atoms with Crippen LogP contribution in [0.1, 0.15) is 26.3 Å². The fourth-order valence-corrected chi connectivity index (χ4v) is 1.89. The van der Waals surface area contributed by atoms with Crippen LogP contribution in [-0.4, -0.2) is 17.0 Å². The third-order valence-corrected chi connectivity index (χ3v) is 2.89. The van der Waals surface area contributed by atoms with Crippen molar-refractivity contribution in [2.45, 2.75) is 6.54 Å². The molecule has 0 saturated carbocycles. The number of aromatic carboxylic acids is 1. The van der Waals surface area contributed by atoms with E-state index in [4.69, 9.17) is 10.8 Å². The summed E-state index contributed by atoms with van der Waals surface area (Å²) in [5.74, 6) is -1.47. The third kappa shape index (κ3) is 2.84. The largest absolute Gasteiger partial charge is 0.478 e. The standard InChI is InChI=1S/C15H14N2O3/c16-9-10-5-1-2-6-11(10)14(18)17-13-8-4-3-7-12(13)15(19)20/h1-8H,9,16H2,(H,17,18)(H,19,20). The van der Waals surface area contributed by atoms with Crippen LogP contribution in [0.4, 0.5) is 5.69 Å². The van der Waals surface area contributed by atoms with Gasteiger partial charge in [-0.15, -0.1) is 0 Å². The number of carbonyl (C=O) groups excluding carboxylic acids is 1. The average molecular weight is 270 g/mol. The zero-order valence-electron chi connectivity index (χ0n) is 10.7. The molecule has 0 aromatic heterocycles. The van der Waals surface area contributed by atoms with Gasteiger partial charge in [-0.25, -0.2) is 4.79 Å². The molecule has 20 heavy (non-hydrogen) atoms. The summed E-state index contributed by atoms with van der Waals surface area (Å²) < 4.78 is 0. The summed E-state index contributed by atoms with van der Waals surface area (Å²) in [6, 6.07) is 13.2. The lowest BCUT2D eigenvalue weighted by atomic mass is 10.1. The molecule has 0 saturated heterocycles. The van der Waals surface area contributed by atoms with Crippen molar-refractivity contribution in [2.75, 3.05) is 5.32 Å². The van der Waals surface area contributed by atoms with Crippen molar-refractivity contribution in [1.29, 1.82) is 0 Å². The quantitative estimate of drug-likeness (QED) is 0.793. The van der Waals surface area contributed by atoms with Gasteiger partial charge in [0.2, 0.25) is 0 Å². The molecule has 4 N–H and O–H groups in total. The molecule has 0 aliphatic rings. The Morgan fingerprint density at radius 1 is 1.00 bits per heavy atom. The number of para-hydroxylation sites is 1. The van der Waals surface area contributed by atoms with Gasteiger partial charge in [0.05, 0.1) is 11.3 Å². The molecule has 0 aliphatic carbocycles. The van der Waals surface area contributed by atoms with Crippen molar-refractivity contribution in [1.82, 2.24) is 0 Å². The van der Waals surface area contributed by atoms with Gasteiger partial charge in [-0.1, -0.05) is 30.3 Å². The van der Waals surface area contributed by atoms with Crippen molar-refractivity contribution in [3.8, 4) is 0 Å². The molecular weight excluding hydrogens is 256 g/mol. The summed E-state index contributed by atoms with van der Waals surface area (Å²) in [5, 5.41) is 11.7. The van der Waals surface area contributed by atoms with Gasteiger partial charge in [-0.05, 0) is 23.8 Å². The zero-order chi connectivity index (χ0) is 14.5. The molecule has 102 valence electrons. The minimum atomic E-state index is -1.09. The Morgan fingerprint density at radius 2 is 1.60 bits per heavy atom. The molecule has 5 heteroatoms. The minimum Gasteiger partial charge on any atom is -0.478 e. The van der Waals surface area contributed by atoms with Crippen molar-refractivity contribution >= 4 is 17.6 Å². The summed E-state index contributed by atoms with van der Waals surface area (Å²) in [6.07, 6.45) is 0. The molecule has 0 aliphatic heterocycles. The van der Waals surface area contributed by atoms with Crippen LogP contribution < -0.4 is 11.1 Å². The number of nitrogens with two attached hydrogens (primary N) is 1. The van der Waals surface area contributed by atoms with Crippen LogP contribution in [-0.2, 0) is 6.54 Å². The lowest BCUT2D eigenvalue weighted by Crippen LogP contribution is -2.17. The van der Waals surface area contributed by atoms with E-state index in [1.54, 1.807) is 42.5 Å². The Hall–Kier alpha value is -2.66. The van der Waals surface area contributed by atoms with Gasteiger partial charge in [0.15, 0.2) is 0 Å². The highest BCUT2D eigenvalue weighted by atomic mass is 16.4. The van der Waals surface area contributed by atoms with E-state index in [0.29, 0.717) is 11.1 Å². The average Bonchev–Trinajstić information content (AvgIpc) is 2.47. The van der Waals surface area contributed by atoms with Gasteiger partial charge in [-0.3, -0.25) is 4.79 Å². The smallest absolute Gasteiger partial charge is 0.337 e. The number of amides is 1. The first-order chi connectivity index (χ1) is 9.63. The number of anilines is 1. The number of rotatable bonds is 4. The second-order valence-corrected chi connectivity index (χ2v) is 4.17. The lowest BCUT2D eigenvalue weighted by Gasteiger charge is -2.10. The van der Waals surface area contributed by atoms with E-state index < -0.39 is 5.97 Å². The number of carbonyl (C=O) groups is 2. The van der Waals surface area contributed by atoms with Crippen molar-refractivity contribution in [3.63, 3.8) is 0 Å². The number of hydrogen-bond donors (Lipinski definition) is 3. The van der Waals surface area contributed by atoms with Crippen LogP contribution in [0.2, 0.25) is 0 Å². The highest BCUT2D eigenvalue weighted by Crippen LogP contribution is 2.17. The molecule has 2 aromatic rings. The number of carboxylic acid groups (broad SMARTS) is 1. The second kappa shape index (κ2) is 5.99. The van der Waals surface area contributed by atoms with E-state index in [2.05, 4.69) is 5.32 Å². The third-order valence-electron chi connectivity index (χ3n) is 2.89. The molecule has 2 rings (SSSR count). The first kappa shape index (κ1) is 13.8. The first-order valence-electron chi connectivity index (χ1n) is 6.05. The molecule has 0 unspecified atom stereocenters. The van der Waals surface area contributed by atoms with Gasteiger partial charge >= 0.3 is 5.97 Å². The second-order valence-electron chi connectivity index (χ2n) is 4.17. The predicted molar refractivity (Wildman–Crippen MR) is 75.7 cm³/mol. The highest BCUT2D eigenvalue weighted by Gasteiger charge is 2.14. The topological polar surface area (TPSA) is 92.4 Å². The van der Waals surface area contributed by atoms with E-state index >= 15 is 0 Å². The monoisotopic (exact) mass is 270 g/mol. The molecular formula is C15H14N2O3. The number of carboxylic acids is 1. The van der Waals surface area contributed by atoms with E-state index in [1.165, 1.54) is 6.07 Å². The molecule has 0 spiro atoms. The predicted octanol–water partition coefficient (Wildman–Crippen LogP) is 2.10. The van der Waals surface area contributed by atoms with Gasteiger partial charge in [-0.2, -0.15) is 0 Å². The maximum Gasteiger partial charge on any atom is 0.337 e. The summed E-state index contributed by atoms with van der Waals surface area (Å²) in [5.41, 5.74) is 7.04. The summed E-state index contributed by atoms with van der Waals surface area (Å²) in [7, 11) is 0. The van der Waals surface area contributed by atoms with Crippen LogP contribution in [0.3, 0.4) is 0 Å². The molecule has 1 amide bonds. The van der Waals surface area contributed by atoms with E-state index in [0.717, 1.165) is 0 Å². The van der Waals surface area contributed by atoms with Crippen LogP contribution in [0.15, 0.2) is 48.5 Å². The van der Waals surface area contributed by atoms with Gasteiger partial charge in [0, 0.05) is 12.1 Å². The highest BCUT2D eigenvalue weighted by molar-refractivity contribution is 6.08. The fraction of sp³-hybridized carbons (Fsp3) is 0.0667. The van der Waals surface area contributed by atoms with Crippen LogP contribution in [0, 0.1) is 0 Å². The van der Waals surface area contributed by atoms with Gasteiger partial charge in [0.25, 0.3) is 5.91 Å². The summed E-state index contributed by atoms with van der Waals surface area (Å²) in [4.78, 5) is 23.3. The van der Waals surface area contributed by atoms with Gasteiger partial charge < -0.3 is 16.2 Å². The maximum absolute atomic E-state index is 12.2. The number of nitrogens with one attached hydrogen (secondary N) is 1. The molecule has 0 bridgehead atoms. The SMILES string of the molecule is NCc1ccccc1C(=O)Nc1ccccc1C(=O)O. The summed E-state index contributed by atoms with van der Waals surface area (Å²) in [6.45, 7) is 0.240. The van der Waals surface area contributed by atoms with Crippen molar-refractivity contribution in [2.24, 2.45) is 5.73 Å². The molecule has 0 atom stereocenters. The maximum atomic E-state index is 12.2. The molecule has 2 aromatic carbocycles.